The summed E-state index contributed by atoms with van der Waals surface area (Å²) in [6.07, 6.45) is 6.07. The van der Waals surface area contributed by atoms with Gasteiger partial charge < -0.3 is 4.90 Å². The monoisotopic (exact) mass is 339 g/mol. The molecule has 0 amide bonds. The standard InChI is InChI=1S/C18H23Cl2NO/c1-3-18(22)9-4-15(2)14-16-5-7-17(8-6-16)21(12-10-19)13-11-20/h4-9,14H,3,10-13H2,1-2H3/b9-4+,15-14+. The molecule has 1 rings (SSSR count). The number of benzene rings is 1. The number of alkyl halides is 2. The zero-order valence-corrected chi connectivity index (χ0v) is 14.7. The molecule has 120 valence electrons. The number of nitrogens with zero attached hydrogens (tertiary/aromatic N) is 1. The number of hydrogen-bond acceptors (Lipinski definition) is 2. The van der Waals surface area contributed by atoms with Crippen LogP contribution in [0, 0.1) is 0 Å². The molecule has 0 aliphatic rings. The Morgan fingerprint density at radius 2 is 1.68 bits per heavy atom. The summed E-state index contributed by atoms with van der Waals surface area (Å²) < 4.78 is 0. The fourth-order valence-corrected chi connectivity index (χ4v) is 2.42. The van der Waals surface area contributed by atoms with Gasteiger partial charge in [-0.15, -0.1) is 23.2 Å². The zero-order chi connectivity index (χ0) is 16.4. The van der Waals surface area contributed by atoms with Gasteiger partial charge >= 0.3 is 0 Å². The Labute approximate surface area is 143 Å². The highest BCUT2D eigenvalue weighted by atomic mass is 35.5. The molecule has 2 nitrogen and oxygen atoms in total. The van der Waals surface area contributed by atoms with Crippen LogP contribution in [-0.4, -0.2) is 30.6 Å². The lowest BCUT2D eigenvalue weighted by atomic mass is 10.1. The van der Waals surface area contributed by atoms with Gasteiger partial charge in [0.15, 0.2) is 5.78 Å². The Morgan fingerprint density at radius 1 is 1.09 bits per heavy atom. The summed E-state index contributed by atoms with van der Waals surface area (Å²) in [5.41, 5.74) is 3.27. The average Bonchev–Trinajstić information content (AvgIpc) is 2.53. The molecule has 4 heteroatoms. The van der Waals surface area contributed by atoms with E-state index in [4.69, 9.17) is 23.2 Å². The molecule has 0 radical (unpaired) electrons. The first-order valence-electron chi connectivity index (χ1n) is 7.46. The van der Waals surface area contributed by atoms with Gasteiger partial charge in [0.25, 0.3) is 0 Å². The van der Waals surface area contributed by atoms with Crippen molar-refractivity contribution in [3.63, 3.8) is 0 Å². The Morgan fingerprint density at radius 3 is 2.18 bits per heavy atom. The van der Waals surface area contributed by atoms with Crippen LogP contribution in [0.1, 0.15) is 25.8 Å². The van der Waals surface area contributed by atoms with E-state index in [2.05, 4.69) is 35.2 Å². The molecule has 0 saturated carbocycles. The second-order valence-electron chi connectivity index (χ2n) is 5.00. The highest BCUT2D eigenvalue weighted by Crippen LogP contribution is 2.17. The molecule has 0 unspecified atom stereocenters. The second-order valence-corrected chi connectivity index (χ2v) is 5.75. The van der Waals surface area contributed by atoms with Crippen molar-refractivity contribution in [3.05, 3.63) is 47.6 Å². The molecule has 22 heavy (non-hydrogen) atoms. The molecule has 0 heterocycles. The summed E-state index contributed by atoms with van der Waals surface area (Å²) >= 11 is 11.6. The Kier molecular flexibility index (Phi) is 8.95. The van der Waals surface area contributed by atoms with E-state index in [-0.39, 0.29) is 5.78 Å². The first-order valence-corrected chi connectivity index (χ1v) is 8.53. The first-order chi connectivity index (χ1) is 10.6. The molecule has 0 aromatic heterocycles. The van der Waals surface area contributed by atoms with E-state index < -0.39 is 0 Å². The second kappa shape index (κ2) is 10.5. The molecule has 1 aromatic carbocycles. The SMILES string of the molecule is CCC(=O)/C=C/C(C)=C/c1ccc(N(CCCl)CCCl)cc1. The third-order valence-electron chi connectivity index (χ3n) is 3.24. The van der Waals surface area contributed by atoms with Gasteiger partial charge in [0.2, 0.25) is 0 Å². The van der Waals surface area contributed by atoms with Crippen molar-refractivity contribution in [2.75, 3.05) is 29.7 Å². The smallest absolute Gasteiger partial charge is 0.155 e. The Balaban J connectivity index is 2.79. The van der Waals surface area contributed by atoms with Crippen molar-refractivity contribution in [1.82, 2.24) is 0 Å². The highest BCUT2D eigenvalue weighted by Gasteiger charge is 2.04. The van der Waals surface area contributed by atoms with E-state index in [1.54, 1.807) is 6.08 Å². The summed E-state index contributed by atoms with van der Waals surface area (Å²) in [7, 11) is 0. The van der Waals surface area contributed by atoms with Gasteiger partial charge in [-0.25, -0.2) is 0 Å². The number of allylic oxidation sites excluding steroid dienone is 3. The van der Waals surface area contributed by atoms with Crippen LogP contribution in [0.4, 0.5) is 5.69 Å². The van der Waals surface area contributed by atoms with E-state index in [1.807, 2.05) is 19.9 Å². The van der Waals surface area contributed by atoms with Gasteiger partial charge in [0, 0.05) is 37.0 Å². The minimum Gasteiger partial charge on any atom is -0.369 e. The minimum absolute atomic E-state index is 0.140. The topological polar surface area (TPSA) is 20.3 Å². The van der Waals surface area contributed by atoms with E-state index in [1.165, 1.54) is 0 Å². The number of hydrogen-bond donors (Lipinski definition) is 0. The number of anilines is 1. The van der Waals surface area contributed by atoms with Crippen LogP contribution in [0.15, 0.2) is 42.0 Å². The molecule has 0 aliphatic carbocycles. The molecular weight excluding hydrogens is 317 g/mol. The van der Waals surface area contributed by atoms with Crippen LogP contribution in [0.2, 0.25) is 0 Å². The van der Waals surface area contributed by atoms with E-state index in [0.717, 1.165) is 29.9 Å². The maximum atomic E-state index is 11.3. The lowest BCUT2D eigenvalue weighted by Crippen LogP contribution is -2.27. The Hall–Kier alpha value is -1.25. The molecule has 0 atom stereocenters. The number of ketones is 1. The fraction of sp³-hybridized carbons (Fsp3) is 0.389. The van der Waals surface area contributed by atoms with E-state index >= 15 is 0 Å². The van der Waals surface area contributed by atoms with Crippen molar-refractivity contribution in [1.29, 1.82) is 0 Å². The van der Waals surface area contributed by atoms with Crippen LogP contribution in [-0.2, 0) is 4.79 Å². The van der Waals surface area contributed by atoms with Crippen molar-refractivity contribution >= 4 is 40.7 Å². The summed E-state index contributed by atoms with van der Waals surface area (Å²) in [6, 6.07) is 8.26. The molecule has 0 fully saturated rings. The van der Waals surface area contributed by atoms with Crippen LogP contribution >= 0.6 is 23.2 Å². The van der Waals surface area contributed by atoms with E-state index in [9.17, 15) is 4.79 Å². The van der Waals surface area contributed by atoms with Gasteiger partial charge in [-0.2, -0.15) is 0 Å². The molecule has 0 bridgehead atoms. The van der Waals surface area contributed by atoms with Gasteiger partial charge in [-0.1, -0.05) is 36.8 Å². The maximum Gasteiger partial charge on any atom is 0.155 e. The number of carbonyl (C=O) groups excluding carboxylic acids is 1. The largest absolute Gasteiger partial charge is 0.369 e. The van der Waals surface area contributed by atoms with Crippen LogP contribution in [0.25, 0.3) is 6.08 Å². The van der Waals surface area contributed by atoms with Crippen LogP contribution in [0.5, 0.6) is 0 Å². The summed E-state index contributed by atoms with van der Waals surface area (Å²) in [5, 5.41) is 0. The summed E-state index contributed by atoms with van der Waals surface area (Å²) in [6.45, 7) is 5.41. The lowest BCUT2D eigenvalue weighted by Gasteiger charge is -2.22. The predicted molar refractivity (Wildman–Crippen MR) is 98.2 cm³/mol. The fourth-order valence-electron chi connectivity index (χ4n) is 2.01. The van der Waals surface area contributed by atoms with Gasteiger partial charge in [0.1, 0.15) is 0 Å². The third-order valence-corrected chi connectivity index (χ3v) is 3.58. The van der Waals surface area contributed by atoms with Crippen molar-refractivity contribution < 1.29 is 4.79 Å². The van der Waals surface area contributed by atoms with Crippen LogP contribution in [0.3, 0.4) is 0 Å². The Bertz CT molecular complexity index is 514. The quantitative estimate of drug-likeness (QED) is 0.362. The molecule has 0 spiro atoms. The molecule has 1 aromatic rings. The van der Waals surface area contributed by atoms with Gasteiger partial charge in [0.05, 0.1) is 0 Å². The molecular formula is C18H23Cl2NO. The first kappa shape index (κ1) is 18.8. The summed E-state index contributed by atoms with van der Waals surface area (Å²) in [4.78, 5) is 13.4. The average molecular weight is 340 g/mol. The van der Waals surface area contributed by atoms with E-state index in [0.29, 0.717) is 18.2 Å². The number of rotatable bonds is 9. The summed E-state index contributed by atoms with van der Waals surface area (Å²) in [5.74, 6) is 1.29. The number of halogens is 2. The zero-order valence-electron chi connectivity index (χ0n) is 13.2. The van der Waals surface area contributed by atoms with Crippen molar-refractivity contribution in [2.24, 2.45) is 0 Å². The number of carbonyl (C=O) groups is 1. The molecule has 0 aliphatic heterocycles. The van der Waals surface area contributed by atoms with Crippen molar-refractivity contribution in [2.45, 2.75) is 20.3 Å². The highest BCUT2D eigenvalue weighted by molar-refractivity contribution is 6.18. The molecule has 0 N–H and O–H groups in total. The van der Waals surface area contributed by atoms with Crippen molar-refractivity contribution in [3.8, 4) is 0 Å². The minimum atomic E-state index is 0.140. The van der Waals surface area contributed by atoms with Crippen LogP contribution < -0.4 is 4.90 Å². The maximum absolute atomic E-state index is 11.3. The normalized spacial score (nSPS) is 11.9. The van der Waals surface area contributed by atoms with Gasteiger partial charge in [-0.05, 0) is 30.7 Å². The third kappa shape index (κ3) is 6.67. The lowest BCUT2D eigenvalue weighted by molar-refractivity contribution is -0.114. The van der Waals surface area contributed by atoms with Gasteiger partial charge in [-0.3, -0.25) is 4.79 Å². The molecule has 0 saturated heterocycles. The predicted octanol–water partition coefficient (Wildman–Crippen LogP) is 4.91.